The maximum absolute atomic E-state index is 11.6. The molecular formula is C11H19N3O2. The smallest absolute Gasteiger partial charge is 0.323 e. The van der Waals surface area contributed by atoms with Crippen LogP contribution < -0.4 is 5.32 Å². The van der Waals surface area contributed by atoms with Gasteiger partial charge in [-0.15, -0.1) is 0 Å². The van der Waals surface area contributed by atoms with Crippen LogP contribution in [0, 0.1) is 11.3 Å². The van der Waals surface area contributed by atoms with E-state index in [1.54, 1.807) is 11.9 Å². The van der Waals surface area contributed by atoms with Gasteiger partial charge in [-0.25, -0.2) is 4.79 Å². The first kappa shape index (κ1) is 11.4. The van der Waals surface area contributed by atoms with Crippen LogP contribution in [0.5, 0.6) is 0 Å². The minimum Gasteiger partial charge on any atom is -0.378 e. The van der Waals surface area contributed by atoms with E-state index in [9.17, 15) is 4.79 Å². The van der Waals surface area contributed by atoms with E-state index in [1.165, 1.54) is 0 Å². The second-order valence-electron chi connectivity index (χ2n) is 5.00. The number of amidine groups is 1. The third kappa shape index (κ3) is 1.50. The fourth-order valence-electron chi connectivity index (χ4n) is 2.50. The van der Waals surface area contributed by atoms with Crippen LogP contribution in [-0.2, 0) is 4.74 Å². The van der Waals surface area contributed by atoms with Crippen molar-refractivity contribution in [2.75, 3.05) is 13.7 Å². The third-order valence-electron chi connectivity index (χ3n) is 3.77. The molecule has 2 saturated heterocycles. The lowest BCUT2D eigenvalue weighted by atomic mass is 9.82. The van der Waals surface area contributed by atoms with E-state index in [-0.39, 0.29) is 12.1 Å². The average Bonchev–Trinajstić information content (AvgIpc) is 2.44. The Bertz CT molecular complexity index is 329. The van der Waals surface area contributed by atoms with Crippen molar-refractivity contribution in [1.82, 2.24) is 10.2 Å². The third-order valence-corrected chi connectivity index (χ3v) is 3.77. The van der Waals surface area contributed by atoms with Crippen LogP contribution in [0.2, 0.25) is 0 Å². The first-order valence-electron chi connectivity index (χ1n) is 5.73. The normalized spacial score (nSPS) is 35.0. The number of amides is 2. The zero-order valence-electron chi connectivity index (χ0n) is 10.0. The van der Waals surface area contributed by atoms with Gasteiger partial charge in [-0.05, 0) is 5.92 Å². The molecule has 1 spiro atoms. The van der Waals surface area contributed by atoms with Crippen molar-refractivity contribution in [2.45, 2.75) is 38.3 Å². The number of carbonyl (C=O) groups is 1. The number of urea groups is 1. The number of ether oxygens (including phenoxy) is 1. The van der Waals surface area contributed by atoms with Crippen molar-refractivity contribution in [1.29, 1.82) is 5.41 Å². The number of hydrogen-bond donors (Lipinski definition) is 2. The summed E-state index contributed by atoms with van der Waals surface area (Å²) in [6, 6.07) is -0.172. The largest absolute Gasteiger partial charge is 0.378 e. The second kappa shape index (κ2) is 3.73. The minimum atomic E-state index is -0.454. The Kier molecular flexibility index (Phi) is 2.66. The SMILES string of the molecule is CC(C)C1CC2(CCO1)C(=N)NC(=O)N2C. The number of hydrogen-bond acceptors (Lipinski definition) is 3. The Morgan fingerprint density at radius 1 is 1.62 bits per heavy atom. The molecule has 0 aliphatic carbocycles. The maximum Gasteiger partial charge on any atom is 0.323 e. The molecule has 2 unspecified atom stereocenters. The number of rotatable bonds is 1. The summed E-state index contributed by atoms with van der Waals surface area (Å²) in [7, 11) is 1.76. The van der Waals surface area contributed by atoms with Crippen LogP contribution in [0.4, 0.5) is 4.79 Å². The predicted octanol–water partition coefficient (Wildman–Crippen LogP) is 1.19. The van der Waals surface area contributed by atoms with Gasteiger partial charge in [-0.1, -0.05) is 13.8 Å². The molecule has 0 aromatic heterocycles. The molecular weight excluding hydrogens is 206 g/mol. The van der Waals surface area contributed by atoms with Crippen LogP contribution >= 0.6 is 0 Å². The van der Waals surface area contributed by atoms with Gasteiger partial charge in [0.05, 0.1) is 6.10 Å². The lowest BCUT2D eigenvalue weighted by Crippen LogP contribution is -2.54. The molecule has 2 aliphatic rings. The molecule has 0 aromatic carbocycles. The lowest BCUT2D eigenvalue weighted by molar-refractivity contribution is -0.0502. The Labute approximate surface area is 95.6 Å². The van der Waals surface area contributed by atoms with Crippen molar-refractivity contribution in [3.63, 3.8) is 0 Å². The molecule has 2 atom stereocenters. The van der Waals surface area contributed by atoms with Gasteiger partial charge in [-0.3, -0.25) is 10.7 Å². The lowest BCUT2D eigenvalue weighted by Gasteiger charge is -2.42. The van der Waals surface area contributed by atoms with Gasteiger partial charge >= 0.3 is 6.03 Å². The van der Waals surface area contributed by atoms with E-state index in [4.69, 9.17) is 10.1 Å². The zero-order chi connectivity index (χ0) is 11.9. The molecule has 90 valence electrons. The number of nitrogens with one attached hydrogen (secondary N) is 2. The van der Waals surface area contributed by atoms with E-state index in [0.717, 1.165) is 6.42 Å². The Balaban J connectivity index is 2.24. The van der Waals surface area contributed by atoms with Gasteiger partial charge in [0.2, 0.25) is 0 Å². The molecule has 0 radical (unpaired) electrons. The molecule has 0 bridgehead atoms. The maximum atomic E-state index is 11.6. The van der Waals surface area contributed by atoms with Gasteiger partial charge in [0.1, 0.15) is 11.4 Å². The zero-order valence-corrected chi connectivity index (χ0v) is 10.0. The molecule has 5 heteroatoms. The van der Waals surface area contributed by atoms with Crippen LogP contribution in [0.3, 0.4) is 0 Å². The number of nitrogens with zero attached hydrogens (tertiary/aromatic N) is 1. The molecule has 2 rings (SSSR count). The van der Waals surface area contributed by atoms with Crippen molar-refractivity contribution in [3.8, 4) is 0 Å². The fourth-order valence-corrected chi connectivity index (χ4v) is 2.50. The van der Waals surface area contributed by atoms with Crippen LogP contribution in [-0.4, -0.2) is 42.1 Å². The summed E-state index contributed by atoms with van der Waals surface area (Å²) in [5.74, 6) is 0.739. The first-order chi connectivity index (χ1) is 7.47. The number of likely N-dealkylation sites (N-methyl/N-ethyl adjacent to an activating group) is 1. The summed E-state index contributed by atoms with van der Waals surface area (Å²) in [4.78, 5) is 13.2. The molecule has 2 fully saturated rings. The van der Waals surface area contributed by atoms with Gasteiger partial charge in [0.25, 0.3) is 0 Å². The highest BCUT2D eigenvalue weighted by molar-refractivity contribution is 6.08. The molecule has 2 amide bonds. The van der Waals surface area contributed by atoms with Crippen LogP contribution in [0.15, 0.2) is 0 Å². The summed E-state index contributed by atoms with van der Waals surface area (Å²) in [5.41, 5.74) is -0.454. The van der Waals surface area contributed by atoms with Gasteiger partial charge in [0.15, 0.2) is 0 Å². The highest BCUT2D eigenvalue weighted by Gasteiger charge is 2.51. The van der Waals surface area contributed by atoms with Crippen molar-refractivity contribution < 1.29 is 9.53 Å². The van der Waals surface area contributed by atoms with Gasteiger partial charge in [0, 0.05) is 26.5 Å². The highest BCUT2D eigenvalue weighted by Crippen LogP contribution is 2.35. The monoisotopic (exact) mass is 225 g/mol. The molecule has 2 N–H and O–H groups in total. The molecule has 2 heterocycles. The summed E-state index contributed by atoms with van der Waals surface area (Å²) in [6.07, 6.45) is 1.56. The van der Waals surface area contributed by atoms with Gasteiger partial charge in [-0.2, -0.15) is 0 Å². The standard InChI is InChI=1S/C11H19N3O2/c1-7(2)8-6-11(4-5-16-8)9(12)13-10(15)14(11)3/h7-8H,4-6H2,1-3H3,(H2,12,13,15). The average molecular weight is 225 g/mol. The first-order valence-corrected chi connectivity index (χ1v) is 5.73. The minimum absolute atomic E-state index is 0.129. The van der Waals surface area contributed by atoms with Gasteiger partial charge < -0.3 is 9.64 Å². The van der Waals surface area contributed by atoms with Crippen LogP contribution in [0.1, 0.15) is 26.7 Å². The summed E-state index contributed by atoms with van der Waals surface area (Å²) < 4.78 is 5.70. The van der Waals surface area contributed by atoms with E-state index in [0.29, 0.717) is 24.8 Å². The Morgan fingerprint density at radius 2 is 2.31 bits per heavy atom. The number of carbonyl (C=O) groups excluding carboxylic acids is 1. The quantitative estimate of drug-likeness (QED) is 0.704. The fraction of sp³-hybridized carbons (Fsp3) is 0.818. The predicted molar refractivity (Wildman–Crippen MR) is 60.6 cm³/mol. The molecule has 0 saturated carbocycles. The van der Waals surface area contributed by atoms with E-state index < -0.39 is 5.54 Å². The molecule has 0 aromatic rings. The molecule has 5 nitrogen and oxygen atoms in total. The summed E-state index contributed by atoms with van der Waals surface area (Å²) in [6.45, 7) is 4.83. The highest BCUT2D eigenvalue weighted by atomic mass is 16.5. The summed E-state index contributed by atoms with van der Waals surface area (Å²) >= 11 is 0. The molecule has 16 heavy (non-hydrogen) atoms. The molecule has 2 aliphatic heterocycles. The van der Waals surface area contributed by atoms with Crippen LogP contribution in [0.25, 0.3) is 0 Å². The second-order valence-corrected chi connectivity index (χ2v) is 5.00. The van der Waals surface area contributed by atoms with Crippen molar-refractivity contribution in [3.05, 3.63) is 0 Å². The van der Waals surface area contributed by atoms with Crippen molar-refractivity contribution >= 4 is 11.9 Å². The van der Waals surface area contributed by atoms with Crippen molar-refractivity contribution in [2.24, 2.45) is 5.92 Å². The Hall–Kier alpha value is -1.10. The van der Waals surface area contributed by atoms with E-state index >= 15 is 0 Å². The Morgan fingerprint density at radius 3 is 2.81 bits per heavy atom. The summed E-state index contributed by atoms with van der Waals surface area (Å²) in [5, 5.41) is 10.6. The topological polar surface area (TPSA) is 65.4 Å². The van der Waals surface area contributed by atoms with E-state index in [1.807, 2.05) is 0 Å². The van der Waals surface area contributed by atoms with E-state index in [2.05, 4.69) is 19.2 Å².